The summed E-state index contributed by atoms with van der Waals surface area (Å²) in [5.41, 5.74) is 0. The molecule has 222 valence electrons. The van der Waals surface area contributed by atoms with Gasteiger partial charge in [-0.25, -0.2) is 0 Å². The molecule has 12 nitrogen and oxygen atoms in total. The zero-order chi connectivity index (χ0) is 29.8. The van der Waals surface area contributed by atoms with Crippen molar-refractivity contribution in [3.63, 3.8) is 0 Å². The first-order chi connectivity index (χ1) is 19.5. The van der Waals surface area contributed by atoms with Gasteiger partial charge >= 0.3 is 243 Å². The summed E-state index contributed by atoms with van der Waals surface area (Å²) in [4.78, 5) is 61.4. The Morgan fingerprint density at radius 2 is 1.39 bits per heavy atom. The summed E-state index contributed by atoms with van der Waals surface area (Å²) in [5, 5.41) is 0. The molecular weight excluding hydrogens is 607 g/mol. The quantitative estimate of drug-likeness (QED) is 0.198. The van der Waals surface area contributed by atoms with Crippen molar-refractivity contribution in [2.75, 3.05) is 13.7 Å². The van der Waals surface area contributed by atoms with Gasteiger partial charge in [-0.3, -0.25) is 0 Å². The Morgan fingerprint density at radius 3 is 1.95 bits per heavy atom. The number of carbonyl (C=O) groups excluding carboxylic acids is 5. The molecule has 2 bridgehead atoms. The Balaban J connectivity index is 1.67. The summed E-state index contributed by atoms with van der Waals surface area (Å²) in [6.45, 7) is 4.34. The zero-order valence-corrected chi connectivity index (χ0v) is 24.9. The van der Waals surface area contributed by atoms with E-state index < -0.39 is 72.5 Å². The molecule has 4 rings (SSSR count). The van der Waals surface area contributed by atoms with E-state index in [1.165, 1.54) is 21.0 Å². The molecule has 8 atom stereocenters. The molecule has 2 fully saturated rings. The summed E-state index contributed by atoms with van der Waals surface area (Å²) in [7, 11) is 1.50. The molecule has 3 aliphatic heterocycles. The third-order valence-electron chi connectivity index (χ3n) is 6.78. The molecule has 3 heterocycles. The van der Waals surface area contributed by atoms with Crippen molar-refractivity contribution in [3.8, 4) is 0 Å². The number of hydrogen-bond donors (Lipinski definition) is 0. The minimum absolute atomic E-state index is 0.0183. The van der Waals surface area contributed by atoms with Crippen molar-refractivity contribution in [1.29, 1.82) is 0 Å². The average Bonchev–Trinajstić information content (AvgIpc) is 3.41. The molecule has 3 aliphatic rings. The van der Waals surface area contributed by atoms with Crippen molar-refractivity contribution in [1.82, 2.24) is 0 Å². The van der Waals surface area contributed by atoms with Crippen LogP contribution < -0.4 is 4.46 Å². The molecule has 0 spiro atoms. The second-order valence-corrected chi connectivity index (χ2v) is 12.1. The molecule has 0 aromatic heterocycles. The number of ketones is 1. The van der Waals surface area contributed by atoms with Gasteiger partial charge in [0.05, 0.1) is 0 Å². The monoisotopic (exact) mass is 640 g/mol. The van der Waals surface area contributed by atoms with E-state index in [0.717, 1.165) is 22.8 Å². The van der Waals surface area contributed by atoms with Crippen LogP contribution in [0.2, 0.25) is 0 Å². The number of esters is 4. The number of ether oxygens (including phenoxy) is 7. The summed E-state index contributed by atoms with van der Waals surface area (Å²) in [6, 6.07) is 9.75. The van der Waals surface area contributed by atoms with Gasteiger partial charge in [-0.05, 0) is 0 Å². The van der Waals surface area contributed by atoms with Crippen LogP contribution in [0.3, 0.4) is 0 Å². The van der Waals surface area contributed by atoms with E-state index in [1.807, 2.05) is 30.3 Å². The number of Topliss-reactive ketones (excluding diaryl/α,β-unsaturated/α-hetero) is 1. The van der Waals surface area contributed by atoms with E-state index in [0.29, 0.717) is 5.76 Å². The molecule has 13 heteroatoms. The Bertz CT molecular complexity index is 1210. The first-order valence-electron chi connectivity index (χ1n) is 13.0. The fraction of sp³-hybridized carbons (Fsp3) is 0.536. The Morgan fingerprint density at radius 1 is 0.805 bits per heavy atom. The van der Waals surface area contributed by atoms with Crippen LogP contribution in [0.5, 0.6) is 0 Å². The topological polar surface area (TPSA) is 150 Å². The van der Waals surface area contributed by atoms with Crippen LogP contribution >= 0.6 is 0 Å². The standard InChI is InChI=1S/C28H32O12Se/c1-13(29)35-12-20-24(37-15(3)31)26(38-16(4)32)23(36-14(2)30)19(39-20)11-18-21(33)25-27(34-5)28(22(18)40-25)41-17-9-7-6-8-10-17/h6-10,18-20,22-26H,11-12H2,1-5H3/t18-,19-,20-,22+,23+,24+,25-,26-/m1/s1. The number of carbonyl (C=O) groups is 5. The molecule has 2 saturated heterocycles. The number of benzene rings is 1. The summed E-state index contributed by atoms with van der Waals surface area (Å²) in [6.07, 6.45) is -7.36. The van der Waals surface area contributed by atoms with Gasteiger partial charge in [-0.2, -0.15) is 0 Å². The van der Waals surface area contributed by atoms with Gasteiger partial charge in [0.15, 0.2) is 0 Å². The molecule has 0 aliphatic carbocycles. The van der Waals surface area contributed by atoms with Crippen LogP contribution in [0.15, 0.2) is 40.6 Å². The number of rotatable bonds is 10. The number of methoxy groups -OCH3 is 1. The van der Waals surface area contributed by atoms with Gasteiger partial charge < -0.3 is 0 Å². The molecule has 1 aromatic rings. The fourth-order valence-electron chi connectivity index (χ4n) is 5.29. The SMILES string of the molecule is COC1=C([Se]c2ccccc2)[C@H]2O[C@@H]1C(=O)[C@H]2C[C@H]1O[C@H](COC(C)=O)[C@H](OC(C)=O)[C@H](OC(C)=O)[C@H]1OC(C)=O. The van der Waals surface area contributed by atoms with Crippen molar-refractivity contribution >= 4 is 49.1 Å². The maximum atomic E-state index is 13.5. The Hall–Kier alpha value is -3.25. The van der Waals surface area contributed by atoms with E-state index in [1.54, 1.807) is 0 Å². The third kappa shape index (κ3) is 6.98. The van der Waals surface area contributed by atoms with E-state index >= 15 is 0 Å². The molecule has 0 N–H and O–H groups in total. The predicted molar refractivity (Wildman–Crippen MR) is 140 cm³/mol. The maximum absolute atomic E-state index is 13.5. The molecule has 1 aromatic carbocycles. The van der Waals surface area contributed by atoms with E-state index in [9.17, 15) is 24.0 Å². The molecule has 0 saturated carbocycles. The van der Waals surface area contributed by atoms with Crippen LogP contribution in [0.1, 0.15) is 34.1 Å². The molecule has 0 unspecified atom stereocenters. The second-order valence-electron chi connectivity index (χ2n) is 9.77. The van der Waals surface area contributed by atoms with Gasteiger partial charge in [0.25, 0.3) is 0 Å². The molecule has 41 heavy (non-hydrogen) atoms. The van der Waals surface area contributed by atoms with Crippen molar-refractivity contribution in [3.05, 3.63) is 40.6 Å². The van der Waals surface area contributed by atoms with Gasteiger partial charge in [0.2, 0.25) is 0 Å². The van der Waals surface area contributed by atoms with Crippen molar-refractivity contribution < 1.29 is 57.1 Å². The predicted octanol–water partition coefficient (Wildman–Crippen LogP) is 0.356. The molecule has 0 amide bonds. The second kappa shape index (κ2) is 13.2. The fourth-order valence-corrected chi connectivity index (χ4v) is 7.75. The van der Waals surface area contributed by atoms with Gasteiger partial charge in [0.1, 0.15) is 0 Å². The van der Waals surface area contributed by atoms with Crippen LogP contribution in [0, 0.1) is 5.92 Å². The molecule has 0 radical (unpaired) electrons. The number of fused-ring (bicyclic) bond motifs is 2. The van der Waals surface area contributed by atoms with E-state index in [-0.39, 0.29) is 33.8 Å². The van der Waals surface area contributed by atoms with Crippen molar-refractivity contribution in [2.24, 2.45) is 5.92 Å². The molecular formula is C28H32O12Se. The number of hydrogen-bond acceptors (Lipinski definition) is 12. The average molecular weight is 640 g/mol. The van der Waals surface area contributed by atoms with E-state index in [2.05, 4.69) is 0 Å². The van der Waals surface area contributed by atoms with Gasteiger partial charge in [0, 0.05) is 0 Å². The summed E-state index contributed by atoms with van der Waals surface area (Å²) in [5.74, 6) is -3.17. The normalized spacial score (nSPS) is 30.5. The summed E-state index contributed by atoms with van der Waals surface area (Å²) >= 11 is -0.202. The van der Waals surface area contributed by atoms with Crippen LogP contribution in [0.25, 0.3) is 0 Å². The third-order valence-corrected chi connectivity index (χ3v) is 9.21. The minimum atomic E-state index is -1.30. The Labute approximate surface area is 243 Å². The van der Waals surface area contributed by atoms with Crippen LogP contribution in [-0.4, -0.2) is 101 Å². The Kier molecular flexibility index (Phi) is 9.85. The van der Waals surface area contributed by atoms with Gasteiger partial charge in [-0.15, -0.1) is 0 Å². The van der Waals surface area contributed by atoms with Crippen molar-refractivity contribution in [2.45, 2.75) is 76.8 Å². The van der Waals surface area contributed by atoms with Crippen LogP contribution in [0.4, 0.5) is 0 Å². The van der Waals surface area contributed by atoms with Gasteiger partial charge in [-0.1, -0.05) is 0 Å². The zero-order valence-electron chi connectivity index (χ0n) is 23.2. The first kappa shape index (κ1) is 30.7. The first-order valence-corrected chi connectivity index (χ1v) is 14.7. The van der Waals surface area contributed by atoms with E-state index in [4.69, 9.17) is 33.2 Å². The van der Waals surface area contributed by atoms with Crippen LogP contribution in [-0.2, 0) is 57.1 Å². The summed E-state index contributed by atoms with van der Waals surface area (Å²) < 4.78 is 41.5.